The minimum Gasteiger partial charge on any atom is -0.404 e. The van der Waals surface area contributed by atoms with Crippen molar-refractivity contribution < 1.29 is 27.5 Å². The van der Waals surface area contributed by atoms with Crippen molar-refractivity contribution in [1.82, 2.24) is 24.8 Å². The number of Topliss-reactive ketones (excluding diaryl/α,β-unsaturated/α-hetero) is 1. The zero-order valence-electron chi connectivity index (χ0n) is 20.0. The number of nitrogens with one attached hydrogen (secondary N) is 1. The van der Waals surface area contributed by atoms with Crippen LogP contribution in [0.2, 0.25) is 0 Å². The predicted molar refractivity (Wildman–Crippen MR) is 129 cm³/mol. The van der Waals surface area contributed by atoms with Crippen molar-refractivity contribution in [1.29, 1.82) is 0 Å². The molecule has 1 N–H and O–H groups in total. The molecular formula is C25H25F3N6O3. The molecule has 1 aliphatic heterocycles. The van der Waals surface area contributed by atoms with Crippen LogP contribution < -0.4 is 10.1 Å². The number of amides is 1. The molecule has 0 saturated carbocycles. The number of alkyl halides is 3. The van der Waals surface area contributed by atoms with E-state index in [4.69, 9.17) is 0 Å². The fourth-order valence-electron chi connectivity index (χ4n) is 3.79. The molecule has 1 aliphatic rings. The van der Waals surface area contributed by atoms with Gasteiger partial charge in [0.1, 0.15) is 0 Å². The number of hydrogen-bond donors (Lipinski definition) is 1. The van der Waals surface area contributed by atoms with E-state index in [-0.39, 0.29) is 24.2 Å². The number of hydrogen-bond acceptors (Lipinski definition) is 8. The first-order valence-electron chi connectivity index (χ1n) is 11.5. The van der Waals surface area contributed by atoms with Gasteiger partial charge in [-0.15, -0.1) is 13.2 Å². The van der Waals surface area contributed by atoms with E-state index in [0.29, 0.717) is 24.5 Å². The van der Waals surface area contributed by atoms with E-state index in [2.05, 4.69) is 29.9 Å². The van der Waals surface area contributed by atoms with Crippen LogP contribution in [0, 0.1) is 0 Å². The number of pyridine rings is 1. The fourth-order valence-corrected chi connectivity index (χ4v) is 3.79. The molecule has 1 amide bonds. The molecule has 0 atom stereocenters. The van der Waals surface area contributed by atoms with Crippen LogP contribution in [0.1, 0.15) is 16.1 Å². The van der Waals surface area contributed by atoms with Crippen molar-refractivity contribution in [2.24, 2.45) is 0 Å². The van der Waals surface area contributed by atoms with E-state index in [1.54, 1.807) is 18.5 Å². The molecule has 194 valence electrons. The van der Waals surface area contributed by atoms with Crippen molar-refractivity contribution in [2.45, 2.75) is 12.8 Å². The first-order chi connectivity index (χ1) is 17.7. The number of likely N-dealkylation sites (N-methyl/N-ethyl adjacent to an activating group) is 1. The summed E-state index contributed by atoms with van der Waals surface area (Å²) >= 11 is 0. The number of carbonyl (C=O) groups is 2. The Balaban J connectivity index is 1.47. The highest BCUT2D eigenvalue weighted by Crippen LogP contribution is 2.31. The van der Waals surface area contributed by atoms with Crippen molar-refractivity contribution in [3.05, 3.63) is 66.4 Å². The Labute approximate surface area is 211 Å². The Hall–Kier alpha value is -3.90. The summed E-state index contributed by atoms with van der Waals surface area (Å²) in [5, 5.41) is 2.47. The van der Waals surface area contributed by atoms with Gasteiger partial charge in [0.25, 0.3) is 0 Å². The molecule has 1 aromatic carbocycles. The molecule has 2 aromatic heterocycles. The quantitative estimate of drug-likeness (QED) is 0.458. The summed E-state index contributed by atoms with van der Waals surface area (Å²) in [7, 11) is 1.97. The molecule has 3 heterocycles. The third-order valence-electron chi connectivity index (χ3n) is 5.77. The van der Waals surface area contributed by atoms with Gasteiger partial charge in [-0.1, -0.05) is 0 Å². The van der Waals surface area contributed by atoms with Gasteiger partial charge in [0.05, 0.1) is 36.2 Å². The number of aromatic nitrogens is 3. The summed E-state index contributed by atoms with van der Waals surface area (Å²) < 4.78 is 42.9. The fraction of sp³-hybridized carbons (Fsp3) is 0.320. The highest BCUT2D eigenvalue weighted by Gasteiger charge is 2.32. The van der Waals surface area contributed by atoms with Crippen LogP contribution in [0.5, 0.6) is 5.75 Å². The van der Waals surface area contributed by atoms with Gasteiger partial charge in [0.15, 0.2) is 11.5 Å². The second-order valence-electron chi connectivity index (χ2n) is 8.62. The second-order valence-corrected chi connectivity index (χ2v) is 8.62. The summed E-state index contributed by atoms with van der Waals surface area (Å²) in [6.07, 6.45) is 1.16. The van der Waals surface area contributed by atoms with E-state index in [1.807, 2.05) is 18.0 Å². The first-order valence-corrected chi connectivity index (χ1v) is 11.5. The maximum absolute atomic E-state index is 12.9. The maximum atomic E-state index is 12.9. The summed E-state index contributed by atoms with van der Waals surface area (Å²) in [5.74, 6) is -1.51. The standard InChI is InChI=1S/C25H25F3N6O3/c1-33-7-9-34(10-8-33)16-24(36)32-20-11-17(4-5-23(20)37-25(26,27)28)22(35)12-19-14-31-21(15-30-19)18-3-2-6-29-13-18/h2-6,11,13-15H,7-10,12,16H2,1H3,(H,32,36). The monoisotopic (exact) mass is 514 g/mol. The first kappa shape index (κ1) is 26.2. The molecule has 3 aromatic rings. The Morgan fingerprint density at radius 3 is 2.49 bits per heavy atom. The predicted octanol–water partition coefficient (Wildman–Crippen LogP) is 3.05. The lowest BCUT2D eigenvalue weighted by atomic mass is 10.1. The number of benzene rings is 1. The third kappa shape index (κ3) is 7.54. The van der Waals surface area contributed by atoms with Gasteiger partial charge in [0, 0.05) is 55.9 Å². The Bertz CT molecular complexity index is 1230. The van der Waals surface area contributed by atoms with Crippen molar-refractivity contribution in [2.75, 3.05) is 45.1 Å². The van der Waals surface area contributed by atoms with Gasteiger partial charge in [-0.2, -0.15) is 0 Å². The van der Waals surface area contributed by atoms with E-state index in [0.717, 1.165) is 24.7 Å². The van der Waals surface area contributed by atoms with E-state index >= 15 is 0 Å². The zero-order valence-corrected chi connectivity index (χ0v) is 20.0. The van der Waals surface area contributed by atoms with Crippen LogP contribution >= 0.6 is 0 Å². The molecule has 0 unspecified atom stereocenters. The molecule has 9 nitrogen and oxygen atoms in total. The molecule has 37 heavy (non-hydrogen) atoms. The Morgan fingerprint density at radius 2 is 1.84 bits per heavy atom. The van der Waals surface area contributed by atoms with Gasteiger partial charge in [-0.3, -0.25) is 29.4 Å². The van der Waals surface area contributed by atoms with Crippen LogP contribution in [-0.2, 0) is 11.2 Å². The number of anilines is 1. The average Bonchev–Trinajstić information content (AvgIpc) is 2.86. The van der Waals surface area contributed by atoms with Gasteiger partial charge in [0.2, 0.25) is 5.91 Å². The number of ketones is 1. The molecule has 0 bridgehead atoms. The lowest BCUT2D eigenvalue weighted by molar-refractivity contribution is -0.274. The highest BCUT2D eigenvalue weighted by molar-refractivity contribution is 6.00. The smallest absolute Gasteiger partial charge is 0.404 e. The minimum absolute atomic E-state index is 0.0103. The molecular weight excluding hydrogens is 489 g/mol. The summed E-state index contributed by atoms with van der Waals surface area (Å²) in [5.41, 5.74) is 1.60. The van der Waals surface area contributed by atoms with Gasteiger partial charge < -0.3 is 15.0 Å². The average molecular weight is 515 g/mol. The van der Waals surface area contributed by atoms with Crippen LogP contribution in [0.4, 0.5) is 18.9 Å². The van der Waals surface area contributed by atoms with Crippen LogP contribution in [-0.4, -0.2) is 82.6 Å². The normalized spacial score (nSPS) is 14.8. The number of piperazine rings is 1. The number of nitrogens with zero attached hydrogens (tertiary/aromatic N) is 5. The molecule has 1 saturated heterocycles. The van der Waals surface area contributed by atoms with Crippen molar-refractivity contribution in [3.63, 3.8) is 0 Å². The lowest BCUT2D eigenvalue weighted by Gasteiger charge is -2.31. The SMILES string of the molecule is CN1CCN(CC(=O)Nc2cc(C(=O)Cc3cnc(-c4cccnc4)cn3)ccc2OC(F)(F)F)CC1. The number of halogens is 3. The highest BCUT2D eigenvalue weighted by atomic mass is 19.4. The molecule has 1 fully saturated rings. The molecule has 0 aliphatic carbocycles. The van der Waals surface area contributed by atoms with E-state index in [1.165, 1.54) is 24.5 Å². The third-order valence-corrected chi connectivity index (χ3v) is 5.77. The van der Waals surface area contributed by atoms with Crippen molar-refractivity contribution in [3.8, 4) is 17.0 Å². The minimum atomic E-state index is -4.96. The van der Waals surface area contributed by atoms with E-state index < -0.39 is 23.8 Å². The number of ether oxygens (including phenoxy) is 1. The van der Waals surface area contributed by atoms with Crippen molar-refractivity contribution >= 4 is 17.4 Å². The topological polar surface area (TPSA) is 101 Å². The molecule has 0 radical (unpaired) electrons. The van der Waals surface area contributed by atoms with E-state index in [9.17, 15) is 22.8 Å². The van der Waals surface area contributed by atoms with Crippen LogP contribution in [0.15, 0.2) is 55.1 Å². The number of carbonyl (C=O) groups excluding carboxylic acids is 2. The van der Waals surface area contributed by atoms with Gasteiger partial charge >= 0.3 is 6.36 Å². The maximum Gasteiger partial charge on any atom is 0.573 e. The Morgan fingerprint density at radius 1 is 1.05 bits per heavy atom. The zero-order chi connectivity index (χ0) is 26.4. The van der Waals surface area contributed by atoms with Gasteiger partial charge in [-0.25, -0.2) is 0 Å². The summed E-state index contributed by atoms with van der Waals surface area (Å²) in [6.45, 7) is 2.90. The Kier molecular flexibility index (Phi) is 8.09. The molecule has 0 spiro atoms. The summed E-state index contributed by atoms with van der Waals surface area (Å²) in [4.78, 5) is 42.1. The summed E-state index contributed by atoms with van der Waals surface area (Å²) in [6, 6.07) is 7.01. The molecule has 12 heteroatoms. The number of rotatable bonds is 8. The van der Waals surface area contributed by atoms with Crippen LogP contribution in [0.3, 0.4) is 0 Å². The van der Waals surface area contributed by atoms with Crippen LogP contribution in [0.25, 0.3) is 11.3 Å². The second kappa shape index (κ2) is 11.4. The largest absolute Gasteiger partial charge is 0.573 e. The van der Waals surface area contributed by atoms with Gasteiger partial charge in [-0.05, 0) is 37.4 Å². The lowest BCUT2D eigenvalue weighted by Crippen LogP contribution is -2.47. The molecule has 4 rings (SSSR count).